The van der Waals surface area contributed by atoms with Gasteiger partial charge in [-0.05, 0) is 31.5 Å². The standard InChI is InChI=1S/C14H16N4O/c1-9-4-3-5-16-13(9)8-18-14(19)11-7-17-10(2)6-12(11)15/h3-7H,8H2,1-2H3,(H2,15,17)(H,18,19). The first-order valence-electron chi connectivity index (χ1n) is 5.98. The molecule has 0 aromatic carbocycles. The Hall–Kier alpha value is -2.43. The molecule has 0 spiro atoms. The van der Waals surface area contributed by atoms with Crippen molar-refractivity contribution in [1.29, 1.82) is 0 Å². The molecule has 1 amide bonds. The maximum absolute atomic E-state index is 12.0. The Morgan fingerprint density at radius 3 is 2.84 bits per heavy atom. The summed E-state index contributed by atoms with van der Waals surface area (Å²) in [6, 6.07) is 5.50. The quantitative estimate of drug-likeness (QED) is 0.874. The van der Waals surface area contributed by atoms with Gasteiger partial charge in [-0.1, -0.05) is 6.07 Å². The van der Waals surface area contributed by atoms with E-state index in [1.54, 1.807) is 12.3 Å². The van der Waals surface area contributed by atoms with Crippen molar-refractivity contribution in [3.05, 3.63) is 53.1 Å². The van der Waals surface area contributed by atoms with Gasteiger partial charge in [0, 0.05) is 23.8 Å². The lowest BCUT2D eigenvalue weighted by Crippen LogP contribution is -2.25. The summed E-state index contributed by atoms with van der Waals surface area (Å²) < 4.78 is 0. The molecule has 0 unspecified atom stereocenters. The normalized spacial score (nSPS) is 10.2. The van der Waals surface area contributed by atoms with Gasteiger partial charge in [0.25, 0.3) is 5.91 Å². The lowest BCUT2D eigenvalue weighted by molar-refractivity contribution is 0.0951. The van der Waals surface area contributed by atoms with Crippen LogP contribution in [0.5, 0.6) is 0 Å². The first-order chi connectivity index (χ1) is 9.08. The average molecular weight is 256 g/mol. The maximum Gasteiger partial charge on any atom is 0.255 e. The van der Waals surface area contributed by atoms with Crippen LogP contribution in [0.25, 0.3) is 0 Å². The van der Waals surface area contributed by atoms with Crippen molar-refractivity contribution < 1.29 is 4.79 Å². The molecule has 2 aromatic heterocycles. The van der Waals surface area contributed by atoms with Gasteiger partial charge in [0.05, 0.1) is 17.8 Å². The number of nitrogen functional groups attached to an aromatic ring is 1. The van der Waals surface area contributed by atoms with Gasteiger partial charge in [0.1, 0.15) is 0 Å². The van der Waals surface area contributed by atoms with Crippen molar-refractivity contribution in [2.75, 3.05) is 5.73 Å². The molecule has 5 heteroatoms. The predicted molar refractivity (Wildman–Crippen MR) is 73.5 cm³/mol. The van der Waals surface area contributed by atoms with E-state index >= 15 is 0 Å². The molecule has 0 atom stereocenters. The van der Waals surface area contributed by atoms with Gasteiger partial charge in [0.2, 0.25) is 0 Å². The molecule has 0 bridgehead atoms. The molecule has 0 saturated carbocycles. The minimum absolute atomic E-state index is 0.241. The smallest absolute Gasteiger partial charge is 0.255 e. The van der Waals surface area contributed by atoms with Crippen molar-refractivity contribution in [1.82, 2.24) is 15.3 Å². The van der Waals surface area contributed by atoms with Gasteiger partial charge in [-0.3, -0.25) is 14.8 Å². The molecule has 0 aliphatic rings. The second kappa shape index (κ2) is 5.48. The molecule has 0 aliphatic carbocycles. The lowest BCUT2D eigenvalue weighted by atomic mass is 10.2. The highest BCUT2D eigenvalue weighted by Gasteiger charge is 2.10. The maximum atomic E-state index is 12.0. The highest BCUT2D eigenvalue weighted by Crippen LogP contribution is 2.11. The van der Waals surface area contributed by atoms with Crippen LogP contribution < -0.4 is 11.1 Å². The Morgan fingerprint density at radius 2 is 2.16 bits per heavy atom. The molecule has 19 heavy (non-hydrogen) atoms. The van der Waals surface area contributed by atoms with Crippen molar-refractivity contribution in [2.24, 2.45) is 0 Å². The van der Waals surface area contributed by atoms with Crippen LogP contribution in [0.2, 0.25) is 0 Å². The number of rotatable bonds is 3. The van der Waals surface area contributed by atoms with E-state index in [0.717, 1.165) is 17.0 Å². The highest BCUT2D eigenvalue weighted by molar-refractivity contribution is 5.98. The van der Waals surface area contributed by atoms with E-state index in [0.29, 0.717) is 17.8 Å². The van der Waals surface area contributed by atoms with E-state index in [9.17, 15) is 4.79 Å². The Bertz CT molecular complexity index is 610. The average Bonchev–Trinajstić information content (AvgIpc) is 2.37. The van der Waals surface area contributed by atoms with Crippen LogP contribution in [0.1, 0.15) is 27.3 Å². The Balaban J connectivity index is 2.08. The van der Waals surface area contributed by atoms with E-state index in [1.165, 1.54) is 6.20 Å². The summed E-state index contributed by atoms with van der Waals surface area (Å²) in [5, 5.41) is 2.79. The first kappa shape index (κ1) is 13.0. The van der Waals surface area contributed by atoms with Crippen molar-refractivity contribution in [2.45, 2.75) is 20.4 Å². The van der Waals surface area contributed by atoms with E-state index in [-0.39, 0.29) is 5.91 Å². The van der Waals surface area contributed by atoms with Gasteiger partial charge in [-0.15, -0.1) is 0 Å². The largest absolute Gasteiger partial charge is 0.398 e. The summed E-state index contributed by atoms with van der Waals surface area (Å²) >= 11 is 0. The van der Waals surface area contributed by atoms with Crippen LogP contribution in [-0.4, -0.2) is 15.9 Å². The second-order valence-electron chi connectivity index (χ2n) is 4.36. The Morgan fingerprint density at radius 1 is 1.37 bits per heavy atom. The summed E-state index contributed by atoms with van der Waals surface area (Å²) in [7, 11) is 0. The summed E-state index contributed by atoms with van der Waals surface area (Å²) in [5.74, 6) is -0.241. The van der Waals surface area contributed by atoms with Crippen LogP contribution in [0.4, 0.5) is 5.69 Å². The fourth-order valence-corrected chi connectivity index (χ4v) is 1.73. The van der Waals surface area contributed by atoms with Gasteiger partial charge in [-0.25, -0.2) is 0 Å². The molecule has 2 heterocycles. The molecule has 0 fully saturated rings. The third kappa shape index (κ3) is 3.07. The Kier molecular flexibility index (Phi) is 3.75. The number of carbonyl (C=O) groups excluding carboxylic acids is 1. The number of nitrogens with zero attached hydrogens (tertiary/aromatic N) is 2. The van der Waals surface area contributed by atoms with Crippen LogP contribution in [0.3, 0.4) is 0 Å². The fraction of sp³-hybridized carbons (Fsp3) is 0.214. The summed E-state index contributed by atoms with van der Waals surface area (Å²) in [4.78, 5) is 20.3. The van der Waals surface area contributed by atoms with Crippen molar-refractivity contribution >= 4 is 11.6 Å². The van der Waals surface area contributed by atoms with Crippen molar-refractivity contribution in [3.8, 4) is 0 Å². The number of nitrogens with two attached hydrogens (primary N) is 1. The lowest BCUT2D eigenvalue weighted by Gasteiger charge is -2.08. The van der Waals surface area contributed by atoms with Crippen molar-refractivity contribution in [3.63, 3.8) is 0 Å². The number of pyridine rings is 2. The van der Waals surface area contributed by atoms with Crippen LogP contribution in [-0.2, 0) is 6.54 Å². The predicted octanol–water partition coefficient (Wildman–Crippen LogP) is 1.61. The summed E-state index contributed by atoms with van der Waals surface area (Å²) in [5.41, 5.74) is 9.29. The highest BCUT2D eigenvalue weighted by atomic mass is 16.1. The zero-order valence-corrected chi connectivity index (χ0v) is 11.0. The molecular formula is C14H16N4O. The number of anilines is 1. The second-order valence-corrected chi connectivity index (χ2v) is 4.36. The van der Waals surface area contributed by atoms with Gasteiger partial charge in [-0.2, -0.15) is 0 Å². The van der Waals surface area contributed by atoms with Gasteiger partial charge in [0.15, 0.2) is 0 Å². The number of hydrogen-bond donors (Lipinski definition) is 2. The zero-order chi connectivity index (χ0) is 13.8. The molecular weight excluding hydrogens is 240 g/mol. The molecule has 2 aromatic rings. The third-order valence-electron chi connectivity index (χ3n) is 2.85. The van der Waals surface area contributed by atoms with Crippen LogP contribution >= 0.6 is 0 Å². The number of amides is 1. The minimum atomic E-state index is -0.241. The van der Waals surface area contributed by atoms with Gasteiger partial charge >= 0.3 is 0 Å². The minimum Gasteiger partial charge on any atom is -0.398 e. The molecule has 0 aliphatic heterocycles. The van der Waals surface area contributed by atoms with E-state index in [1.807, 2.05) is 26.0 Å². The molecule has 2 rings (SSSR count). The molecule has 3 N–H and O–H groups in total. The number of nitrogens with one attached hydrogen (secondary N) is 1. The Labute approximate surface area is 111 Å². The number of aromatic nitrogens is 2. The fourth-order valence-electron chi connectivity index (χ4n) is 1.73. The topological polar surface area (TPSA) is 80.9 Å². The first-order valence-corrected chi connectivity index (χ1v) is 5.98. The number of hydrogen-bond acceptors (Lipinski definition) is 4. The monoisotopic (exact) mass is 256 g/mol. The van der Waals surface area contributed by atoms with Gasteiger partial charge < -0.3 is 11.1 Å². The van der Waals surface area contributed by atoms with E-state index in [4.69, 9.17) is 5.73 Å². The van der Waals surface area contributed by atoms with Crippen LogP contribution in [0, 0.1) is 13.8 Å². The van der Waals surface area contributed by atoms with E-state index < -0.39 is 0 Å². The summed E-state index contributed by atoms with van der Waals surface area (Å²) in [6.07, 6.45) is 3.20. The molecule has 98 valence electrons. The zero-order valence-electron chi connectivity index (χ0n) is 11.0. The van der Waals surface area contributed by atoms with Crippen LogP contribution in [0.15, 0.2) is 30.6 Å². The third-order valence-corrected chi connectivity index (χ3v) is 2.85. The molecule has 0 radical (unpaired) electrons. The van der Waals surface area contributed by atoms with E-state index in [2.05, 4.69) is 15.3 Å². The number of carbonyl (C=O) groups is 1. The molecule has 0 saturated heterocycles. The summed E-state index contributed by atoms with van der Waals surface area (Å²) in [6.45, 7) is 4.16. The number of aryl methyl sites for hydroxylation is 2. The SMILES string of the molecule is Cc1cc(N)c(C(=O)NCc2ncccc2C)cn1. The molecule has 5 nitrogen and oxygen atoms in total.